The number of methoxy groups -OCH3 is 1. The van der Waals surface area contributed by atoms with Gasteiger partial charge in [-0.3, -0.25) is 0 Å². The maximum absolute atomic E-state index is 12.6. The molecule has 0 saturated heterocycles. The van der Waals surface area contributed by atoms with E-state index in [-0.39, 0.29) is 18.8 Å². The third-order valence-corrected chi connectivity index (χ3v) is 4.36. The second-order valence-corrected chi connectivity index (χ2v) is 5.78. The van der Waals surface area contributed by atoms with Gasteiger partial charge >= 0.3 is 6.18 Å². The van der Waals surface area contributed by atoms with E-state index >= 15 is 0 Å². The minimum Gasteiger partial charge on any atom is -0.497 e. The minimum atomic E-state index is -4.09. The number of alkyl halides is 3. The van der Waals surface area contributed by atoms with Gasteiger partial charge in [-0.1, -0.05) is 12.1 Å². The molecule has 0 heterocycles. The highest BCUT2D eigenvalue weighted by Gasteiger charge is 2.42. The SMILES string of the molecule is COc1cccc(CC(O)C2CCC(C(F)(F)F)CC2)c1. The van der Waals surface area contributed by atoms with Crippen molar-refractivity contribution in [3.63, 3.8) is 0 Å². The normalized spacial score (nSPS) is 24.6. The van der Waals surface area contributed by atoms with Crippen LogP contribution in [0.2, 0.25) is 0 Å². The van der Waals surface area contributed by atoms with Crippen LogP contribution in [-0.4, -0.2) is 24.5 Å². The van der Waals surface area contributed by atoms with Crippen LogP contribution < -0.4 is 4.74 Å². The van der Waals surface area contributed by atoms with Crippen LogP contribution in [0, 0.1) is 11.8 Å². The van der Waals surface area contributed by atoms with E-state index in [1.807, 2.05) is 24.3 Å². The number of rotatable bonds is 4. The molecule has 1 N–H and O–H groups in total. The Labute approximate surface area is 122 Å². The van der Waals surface area contributed by atoms with Crippen LogP contribution in [0.1, 0.15) is 31.2 Å². The minimum absolute atomic E-state index is 0.0465. The van der Waals surface area contributed by atoms with Crippen molar-refractivity contribution < 1.29 is 23.0 Å². The number of hydrogen-bond donors (Lipinski definition) is 1. The molecule has 1 unspecified atom stereocenters. The molecular weight excluding hydrogens is 281 g/mol. The van der Waals surface area contributed by atoms with Gasteiger partial charge in [-0.05, 0) is 55.7 Å². The molecule has 0 amide bonds. The fourth-order valence-electron chi connectivity index (χ4n) is 3.04. The topological polar surface area (TPSA) is 29.5 Å². The molecule has 1 aromatic carbocycles. The Balaban J connectivity index is 1.88. The monoisotopic (exact) mass is 302 g/mol. The van der Waals surface area contributed by atoms with Gasteiger partial charge in [0, 0.05) is 0 Å². The van der Waals surface area contributed by atoms with Gasteiger partial charge in [-0.15, -0.1) is 0 Å². The zero-order valence-electron chi connectivity index (χ0n) is 12.1. The van der Waals surface area contributed by atoms with E-state index in [4.69, 9.17) is 4.74 Å². The molecule has 5 heteroatoms. The van der Waals surface area contributed by atoms with Gasteiger partial charge < -0.3 is 9.84 Å². The summed E-state index contributed by atoms with van der Waals surface area (Å²) in [5, 5.41) is 10.3. The summed E-state index contributed by atoms with van der Waals surface area (Å²) in [5.74, 6) is -0.520. The van der Waals surface area contributed by atoms with Crippen molar-refractivity contribution in [1.29, 1.82) is 0 Å². The number of ether oxygens (including phenoxy) is 1. The van der Waals surface area contributed by atoms with Crippen molar-refractivity contribution in [3.8, 4) is 5.75 Å². The lowest BCUT2D eigenvalue weighted by Gasteiger charge is -2.32. The zero-order chi connectivity index (χ0) is 15.5. The average Bonchev–Trinajstić information content (AvgIpc) is 2.46. The third-order valence-electron chi connectivity index (χ3n) is 4.36. The average molecular weight is 302 g/mol. The number of aliphatic hydroxyl groups is 1. The summed E-state index contributed by atoms with van der Waals surface area (Å²) in [7, 11) is 1.58. The first kappa shape index (κ1) is 16.1. The summed E-state index contributed by atoms with van der Waals surface area (Å²) in [6.07, 6.45) is -3.09. The highest BCUT2D eigenvalue weighted by molar-refractivity contribution is 5.28. The van der Waals surface area contributed by atoms with Gasteiger partial charge in [0.2, 0.25) is 0 Å². The van der Waals surface area contributed by atoms with E-state index in [0.29, 0.717) is 19.3 Å². The molecule has 0 spiro atoms. The lowest BCUT2D eigenvalue weighted by atomic mass is 9.78. The Morgan fingerprint density at radius 3 is 2.48 bits per heavy atom. The molecule has 118 valence electrons. The van der Waals surface area contributed by atoms with Gasteiger partial charge in [-0.25, -0.2) is 0 Å². The first-order chi connectivity index (χ1) is 9.90. The molecule has 0 aliphatic heterocycles. The Bertz CT molecular complexity index is 451. The summed E-state index contributed by atoms with van der Waals surface area (Å²) < 4.78 is 43.0. The van der Waals surface area contributed by atoms with Gasteiger partial charge in [0.15, 0.2) is 0 Å². The van der Waals surface area contributed by atoms with Crippen molar-refractivity contribution in [2.45, 2.75) is 44.4 Å². The first-order valence-corrected chi connectivity index (χ1v) is 7.28. The molecule has 2 nitrogen and oxygen atoms in total. The van der Waals surface area contributed by atoms with Crippen LogP contribution in [0.25, 0.3) is 0 Å². The lowest BCUT2D eigenvalue weighted by molar-refractivity contribution is -0.185. The summed E-state index contributed by atoms with van der Waals surface area (Å²) in [4.78, 5) is 0. The Morgan fingerprint density at radius 2 is 1.90 bits per heavy atom. The van der Waals surface area contributed by atoms with E-state index in [0.717, 1.165) is 11.3 Å². The molecule has 0 aromatic heterocycles. The largest absolute Gasteiger partial charge is 0.497 e. The number of aliphatic hydroxyl groups excluding tert-OH is 1. The number of hydrogen-bond acceptors (Lipinski definition) is 2. The zero-order valence-corrected chi connectivity index (χ0v) is 12.1. The number of halogens is 3. The van der Waals surface area contributed by atoms with Crippen molar-refractivity contribution >= 4 is 0 Å². The predicted molar refractivity (Wildman–Crippen MR) is 74.2 cm³/mol. The molecule has 0 bridgehead atoms. The van der Waals surface area contributed by atoms with Crippen molar-refractivity contribution in [1.82, 2.24) is 0 Å². The Hall–Kier alpha value is -1.23. The van der Waals surface area contributed by atoms with Gasteiger partial charge in [0.1, 0.15) is 5.75 Å². The molecule has 1 atom stereocenters. The molecule has 1 aromatic rings. The summed E-state index contributed by atoms with van der Waals surface area (Å²) in [6.45, 7) is 0. The maximum Gasteiger partial charge on any atom is 0.391 e. The second kappa shape index (κ2) is 6.69. The van der Waals surface area contributed by atoms with Crippen LogP contribution in [0.5, 0.6) is 5.75 Å². The van der Waals surface area contributed by atoms with E-state index in [2.05, 4.69) is 0 Å². The quantitative estimate of drug-likeness (QED) is 0.912. The summed E-state index contributed by atoms with van der Waals surface area (Å²) >= 11 is 0. The molecule has 2 rings (SSSR count). The van der Waals surface area contributed by atoms with E-state index in [9.17, 15) is 18.3 Å². The summed E-state index contributed by atoms with van der Waals surface area (Å²) in [5.41, 5.74) is 0.944. The van der Waals surface area contributed by atoms with Crippen molar-refractivity contribution in [2.75, 3.05) is 7.11 Å². The van der Waals surface area contributed by atoms with Crippen molar-refractivity contribution in [2.24, 2.45) is 11.8 Å². The van der Waals surface area contributed by atoms with Gasteiger partial charge in [-0.2, -0.15) is 13.2 Å². The Kier molecular flexibility index (Phi) is 5.14. The lowest BCUT2D eigenvalue weighted by Crippen LogP contribution is -2.32. The fraction of sp³-hybridized carbons (Fsp3) is 0.625. The van der Waals surface area contributed by atoms with Gasteiger partial charge in [0.05, 0.1) is 19.1 Å². The standard InChI is InChI=1S/C16H21F3O2/c1-21-14-4-2-3-11(9-14)10-15(20)12-5-7-13(8-6-12)16(17,18)19/h2-4,9,12-13,15,20H,5-8,10H2,1H3. The number of benzene rings is 1. The van der Waals surface area contributed by atoms with Crippen molar-refractivity contribution in [3.05, 3.63) is 29.8 Å². The van der Waals surface area contributed by atoms with Crippen LogP contribution in [0.15, 0.2) is 24.3 Å². The molecule has 1 saturated carbocycles. The predicted octanol–water partition coefficient (Wildman–Crippen LogP) is 3.97. The molecule has 1 aliphatic carbocycles. The van der Waals surface area contributed by atoms with Crippen LogP contribution in [0.4, 0.5) is 13.2 Å². The van der Waals surface area contributed by atoms with Crippen LogP contribution >= 0.6 is 0 Å². The molecule has 1 fully saturated rings. The summed E-state index contributed by atoms with van der Waals surface area (Å²) in [6, 6.07) is 7.42. The smallest absolute Gasteiger partial charge is 0.391 e. The first-order valence-electron chi connectivity index (χ1n) is 7.28. The van der Waals surface area contributed by atoms with E-state index in [1.165, 1.54) is 0 Å². The van der Waals surface area contributed by atoms with E-state index < -0.39 is 18.2 Å². The fourth-order valence-corrected chi connectivity index (χ4v) is 3.04. The molecule has 1 aliphatic rings. The Morgan fingerprint density at radius 1 is 1.24 bits per heavy atom. The molecular formula is C16H21F3O2. The van der Waals surface area contributed by atoms with Gasteiger partial charge in [0.25, 0.3) is 0 Å². The third kappa shape index (κ3) is 4.37. The second-order valence-electron chi connectivity index (χ2n) is 5.78. The van der Waals surface area contributed by atoms with E-state index in [1.54, 1.807) is 7.11 Å². The molecule has 21 heavy (non-hydrogen) atoms. The molecule has 0 radical (unpaired) electrons. The maximum atomic E-state index is 12.6. The highest BCUT2D eigenvalue weighted by Crippen LogP contribution is 2.40. The highest BCUT2D eigenvalue weighted by atomic mass is 19.4. The van der Waals surface area contributed by atoms with Crippen LogP contribution in [-0.2, 0) is 6.42 Å². The van der Waals surface area contributed by atoms with Crippen LogP contribution in [0.3, 0.4) is 0 Å².